The smallest absolute Gasteiger partial charge is 0.262 e. The molecular formula is C17H18N2O2S. The van der Waals surface area contributed by atoms with Crippen LogP contribution in [-0.4, -0.2) is 16.7 Å². The normalized spacial score (nSPS) is 11.1. The van der Waals surface area contributed by atoms with Gasteiger partial charge in [0.25, 0.3) is 5.56 Å². The lowest BCUT2D eigenvalue weighted by Crippen LogP contribution is -2.21. The van der Waals surface area contributed by atoms with Gasteiger partial charge < -0.3 is 4.74 Å². The predicted octanol–water partition coefficient (Wildman–Crippen LogP) is 3.44. The van der Waals surface area contributed by atoms with Gasteiger partial charge in [-0.2, -0.15) is 0 Å². The Bertz CT molecular complexity index is 909. The molecule has 0 unspecified atom stereocenters. The fourth-order valence-corrected chi connectivity index (χ4v) is 3.58. The molecule has 3 rings (SSSR count). The van der Waals surface area contributed by atoms with Crippen LogP contribution < -0.4 is 10.3 Å². The number of aromatic nitrogens is 2. The van der Waals surface area contributed by atoms with E-state index in [1.54, 1.807) is 29.3 Å². The van der Waals surface area contributed by atoms with Crippen molar-refractivity contribution in [2.45, 2.75) is 27.3 Å². The fraction of sp³-hybridized carbons (Fsp3) is 0.294. The first-order valence-electron chi connectivity index (χ1n) is 7.10. The molecule has 0 spiro atoms. The monoisotopic (exact) mass is 314 g/mol. The molecule has 0 aliphatic rings. The maximum absolute atomic E-state index is 12.7. The van der Waals surface area contributed by atoms with E-state index < -0.39 is 0 Å². The van der Waals surface area contributed by atoms with Gasteiger partial charge in [-0.05, 0) is 32.4 Å². The molecule has 1 aromatic carbocycles. The summed E-state index contributed by atoms with van der Waals surface area (Å²) in [5.41, 5.74) is 3.16. The summed E-state index contributed by atoms with van der Waals surface area (Å²) in [6.45, 7) is 6.49. The zero-order chi connectivity index (χ0) is 15.9. The Balaban J connectivity index is 2.12. The molecular weight excluding hydrogens is 296 g/mol. The van der Waals surface area contributed by atoms with Crippen molar-refractivity contribution in [2.24, 2.45) is 0 Å². The molecule has 0 N–H and O–H groups in total. The summed E-state index contributed by atoms with van der Waals surface area (Å²) in [5.74, 6) is 0.788. The maximum Gasteiger partial charge on any atom is 0.262 e. The molecule has 22 heavy (non-hydrogen) atoms. The molecule has 4 nitrogen and oxygen atoms in total. The van der Waals surface area contributed by atoms with Crippen LogP contribution in [0.2, 0.25) is 0 Å². The number of hydrogen-bond donors (Lipinski definition) is 0. The highest BCUT2D eigenvalue weighted by molar-refractivity contribution is 7.18. The number of fused-ring (bicyclic) bond motifs is 1. The molecule has 0 atom stereocenters. The Kier molecular flexibility index (Phi) is 3.74. The zero-order valence-corrected chi connectivity index (χ0v) is 14.0. The number of thiophene rings is 1. The number of methoxy groups -OCH3 is 1. The van der Waals surface area contributed by atoms with Gasteiger partial charge in [0.1, 0.15) is 10.6 Å². The van der Waals surface area contributed by atoms with Crippen molar-refractivity contribution < 1.29 is 4.74 Å². The first kappa shape index (κ1) is 14.8. The van der Waals surface area contributed by atoms with Crippen LogP contribution in [0.15, 0.2) is 29.3 Å². The first-order chi connectivity index (χ1) is 10.5. The first-order valence-corrected chi connectivity index (χ1v) is 7.91. The van der Waals surface area contributed by atoms with E-state index in [1.807, 2.05) is 39.0 Å². The topological polar surface area (TPSA) is 44.1 Å². The van der Waals surface area contributed by atoms with Crippen molar-refractivity contribution in [3.8, 4) is 5.75 Å². The summed E-state index contributed by atoms with van der Waals surface area (Å²) < 4.78 is 7.05. The quantitative estimate of drug-likeness (QED) is 0.744. The van der Waals surface area contributed by atoms with Crippen molar-refractivity contribution in [2.75, 3.05) is 7.11 Å². The minimum absolute atomic E-state index is 0.00964. The Morgan fingerprint density at radius 3 is 2.77 bits per heavy atom. The highest BCUT2D eigenvalue weighted by Crippen LogP contribution is 2.26. The summed E-state index contributed by atoms with van der Waals surface area (Å²) >= 11 is 1.57. The summed E-state index contributed by atoms with van der Waals surface area (Å²) in [7, 11) is 1.64. The van der Waals surface area contributed by atoms with Crippen molar-refractivity contribution in [1.29, 1.82) is 0 Å². The molecule has 0 saturated heterocycles. The van der Waals surface area contributed by atoms with E-state index >= 15 is 0 Å². The van der Waals surface area contributed by atoms with Crippen molar-refractivity contribution in [3.63, 3.8) is 0 Å². The van der Waals surface area contributed by atoms with Crippen LogP contribution in [0.4, 0.5) is 0 Å². The van der Waals surface area contributed by atoms with Gasteiger partial charge in [-0.3, -0.25) is 9.36 Å². The van der Waals surface area contributed by atoms with E-state index in [2.05, 4.69) is 4.98 Å². The third kappa shape index (κ3) is 2.41. The van der Waals surface area contributed by atoms with Crippen molar-refractivity contribution in [3.05, 3.63) is 56.4 Å². The molecule has 0 aliphatic heterocycles. The Labute approximate surface area is 133 Å². The summed E-state index contributed by atoms with van der Waals surface area (Å²) in [4.78, 5) is 19.1. The minimum Gasteiger partial charge on any atom is -0.496 e. The Morgan fingerprint density at radius 1 is 1.27 bits per heavy atom. The van der Waals surface area contributed by atoms with Crippen LogP contribution in [-0.2, 0) is 6.54 Å². The van der Waals surface area contributed by atoms with Crippen LogP contribution in [0.25, 0.3) is 10.2 Å². The average Bonchev–Trinajstić information content (AvgIpc) is 2.78. The largest absolute Gasteiger partial charge is 0.496 e. The summed E-state index contributed by atoms with van der Waals surface area (Å²) in [6.07, 6.45) is 1.63. The van der Waals surface area contributed by atoms with E-state index in [0.717, 1.165) is 37.5 Å². The second-order valence-corrected chi connectivity index (χ2v) is 6.66. The number of benzene rings is 1. The van der Waals surface area contributed by atoms with E-state index in [4.69, 9.17) is 4.74 Å². The third-order valence-electron chi connectivity index (χ3n) is 3.93. The van der Waals surface area contributed by atoms with Crippen molar-refractivity contribution >= 4 is 21.6 Å². The molecule has 2 aromatic heterocycles. The molecule has 0 aliphatic carbocycles. The van der Waals surface area contributed by atoms with Crippen LogP contribution in [0, 0.1) is 20.8 Å². The highest BCUT2D eigenvalue weighted by Gasteiger charge is 2.13. The Morgan fingerprint density at radius 2 is 2.05 bits per heavy atom. The molecule has 0 fully saturated rings. The Hall–Kier alpha value is -2.14. The third-order valence-corrected chi connectivity index (χ3v) is 5.05. The minimum atomic E-state index is 0.00964. The van der Waals surface area contributed by atoms with Crippen molar-refractivity contribution in [1.82, 2.24) is 9.55 Å². The lowest BCUT2D eigenvalue weighted by Gasteiger charge is -2.11. The lowest BCUT2D eigenvalue weighted by atomic mass is 10.1. The van der Waals surface area contributed by atoms with Gasteiger partial charge in [0.15, 0.2) is 0 Å². The maximum atomic E-state index is 12.7. The SMILES string of the molecule is COc1ccc(C)cc1Cn1cnc2sc(C)c(C)c2c1=O. The second-order valence-electron chi connectivity index (χ2n) is 5.46. The van der Waals surface area contributed by atoms with Crippen LogP contribution in [0.1, 0.15) is 21.6 Å². The van der Waals surface area contributed by atoms with Crippen LogP contribution >= 0.6 is 11.3 Å². The van der Waals surface area contributed by atoms with E-state index in [0.29, 0.717) is 6.54 Å². The molecule has 2 heterocycles. The van der Waals surface area contributed by atoms with Gasteiger partial charge in [-0.15, -0.1) is 11.3 Å². The molecule has 0 saturated carbocycles. The summed E-state index contributed by atoms with van der Waals surface area (Å²) in [5, 5.41) is 0.733. The molecule has 114 valence electrons. The molecule has 0 radical (unpaired) electrons. The van der Waals surface area contributed by atoms with Gasteiger partial charge in [-0.25, -0.2) is 4.98 Å². The second kappa shape index (κ2) is 5.57. The van der Waals surface area contributed by atoms with E-state index in [1.165, 1.54) is 0 Å². The van der Waals surface area contributed by atoms with Gasteiger partial charge in [0.2, 0.25) is 0 Å². The number of rotatable bonds is 3. The van der Waals surface area contributed by atoms with Gasteiger partial charge in [-0.1, -0.05) is 17.7 Å². The summed E-state index contributed by atoms with van der Waals surface area (Å²) in [6, 6.07) is 5.97. The highest BCUT2D eigenvalue weighted by atomic mass is 32.1. The van der Waals surface area contributed by atoms with E-state index in [9.17, 15) is 4.79 Å². The van der Waals surface area contributed by atoms with Crippen LogP contribution in [0.5, 0.6) is 5.75 Å². The van der Waals surface area contributed by atoms with Gasteiger partial charge >= 0.3 is 0 Å². The zero-order valence-electron chi connectivity index (χ0n) is 13.1. The standard InChI is InChI=1S/C17H18N2O2S/c1-10-5-6-14(21-4)13(7-10)8-19-9-18-16-15(17(19)20)11(2)12(3)22-16/h5-7,9H,8H2,1-4H3. The van der Waals surface area contributed by atoms with Gasteiger partial charge in [0.05, 0.1) is 25.4 Å². The number of aryl methyl sites for hydroxylation is 3. The average molecular weight is 314 g/mol. The molecule has 0 bridgehead atoms. The molecule has 0 amide bonds. The number of nitrogens with zero attached hydrogens (tertiary/aromatic N) is 2. The van der Waals surface area contributed by atoms with E-state index in [-0.39, 0.29) is 5.56 Å². The molecule has 5 heteroatoms. The predicted molar refractivity (Wildman–Crippen MR) is 90.2 cm³/mol. The number of hydrogen-bond acceptors (Lipinski definition) is 4. The lowest BCUT2D eigenvalue weighted by molar-refractivity contribution is 0.408. The van der Waals surface area contributed by atoms with Gasteiger partial charge in [0, 0.05) is 10.4 Å². The fourth-order valence-electron chi connectivity index (χ4n) is 2.60. The number of ether oxygens (including phenoxy) is 1. The van der Waals surface area contributed by atoms with Crippen LogP contribution in [0.3, 0.4) is 0 Å². The molecule has 3 aromatic rings.